The molecule has 29 heavy (non-hydrogen) atoms. The zero-order valence-electron chi connectivity index (χ0n) is 16.2. The van der Waals surface area contributed by atoms with E-state index in [1.165, 1.54) is 12.1 Å². The fourth-order valence-electron chi connectivity index (χ4n) is 3.73. The van der Waals surface area contributed by atoms with Crippen LogP contribution >= 0.6 is 0 Å². The first-order valence-electron chi connectivity index (χ1n) is 9.89. The minimum Gasteiger partial charge on any atom is -0.326 e. The van der Waals surface area contributed by atoms with Gasteiger partial charge in [0.25, 0.3) is 0 Å². The molecular formula is C22H24FN5O. The molecule has 1 N–H and O–H groups in total. The van der Waals surface area contributed by atoms with Crippen LogP contribution in [0.3, 0.4) is 0 Å². The Morgan fingerprint density at radius 2 is 1.86 bits per heavy atom. The molecule has 1 amide bonds. The lowest BCUT2D eigenvalue weighted by Crippen LogP contribution is -2.41. The van der Waals surface area contributed by atoms with Gasteiger partial charge >= 0.3 is 0 Å². The highest BCUT2D eigenvalue weighted by Crippen LogP contribution is 2.23. The van der Waals surface area contributed by atoms with Crippen molar-refractivity contribution in [3.8, 4) is 11.1 Å². The Hall–Kier alpha value is -3.06. The molecule has 150 valence electrons. The summed E-state index contributed by atoms with van der Waals surface area (Å²) in [6, 6.07) is 14.0. The van der Waals surface area contributed by atoms with Gasteiger partial charge in [-0.25, -0.2) is 4.39 Å². The number of halogens is 1. The zero-order chi connectivity index (χ0) is 20.1. The summed E-state index contributed by atoms with van der Waals surface area (Å²) in [6.45, 7) is 3.47. The van der Waals surface area contributed by atoms with Crippen LogP contribution in [0.15, 0.2) is 61.2 Å². The van der Waals surface area contributed by atoms with Crippen molar-refractivity contribution in [1.82, 2.24) is 19.7 Å². The van der Waals surface area contributed by atoms with E-state index in [1.54, 1.807) is 18.7 Å². The highest BCUT2D eigenvalue weighted by Gasteiger charge is 2.25. The van der Waals surface area contributed by atoms with Crippen molar-refractivity contribution < 1.29 is 9.18 Å². The molecule has 1 aromatic heterocycles. The summed E-state index contributed by atoms with van der Waals surface area (Å²) < 4.78 is 15.4. The van der Waals surface area contributed by atoms with Crippen LogP contribution in [0.4, 0.5) is 10.1 Å². The Labute approximate surface area is 169 Å². The molecule has 2 aromatic carbocycles. The Morgan fingerprint density at radius 3 is 2.62 bits per heavy atom. The van der Waals surface area contributed by atoms with Crippen molar-refractivity contribution in [1.29, 1.82) is 0 Å². The van der Waals surface area contributed by atoms with E-state index in [4.69, 9.17) is 0 Å². The molecule has 0 bridgehead atoms. The number of anilines is 1. The lowest BCUT2D eigenvalue weighted by Gasteiger charge is -2.32. The van der Waals surface area contributed by atoms with Crippen LogP contribution in [0.25, 0.3) is 11.1 Å². The number of likely N-dealkylation sites (tertiary alicyclic amines) is 1. The van der Waals surface area contributed by atoms with Gasteiger partial charge in [0.05, 0.1) is 5.92 Å². The number of carbonyl (C=O) groups is 1. The topological polar surface area (TPSA) is 63.1 Å². The Morgan fingerprint density at radius 1 is 1.07 bits per heavy atom. The van der Waals surface area contributed by atoms with Crippen LogP contribution in [-0.4, -0.2) is 45.2 Å². The van der Waals surface area contributed by atoms with Gasteiger partial charge < -0.3 is 14.8 Å². The predicted molar refractivity (Wildman–Crippen MR) is 110 cm³/mol. The molecule has 0 radical (unpaired) electrons. The van der Waals surface area contributed by atoms with Gasteiger partial charge in [-0.1, -0.05) is 24.3 Å². The largest absolute Gasteiger partial charge is 0.326 e. The monoisotopic (exact) mass is 393 g/mol. The van der Waals surface area contributed by atoms with Crippen LogP contribution in [0.2, 0.25) is 0 Å². The molecule has 6 nitrogen and oxygen atoms in total. The van der Waals surface area contributed by atoms with Gasteiger partial charge in [0.1, 0.15) is 18.5 Å². The maximum absolute atomic E-state index is 13.4. The fraction of sp³-hybridized carbons (Fsp3) is 0.318. The molecule has 0 saturated carbocycles. The summed E-state index contributed by atoms with van der Waals surface area (Å²) in [6.07, 6.45) is 5.33. The van der Waals surface area contributed by atoms with Gasteiger partial charge in [0.2, 0.25) is 5.91 Å². The number of hydrogen-bond donors (Lipinski definition) is 1. The smallest absolute Gasteiger partial charge is 0.228 e. The molecule has 0 aliphatic carbocycles. The third kappa shape index (κ3) is 5.06. The average Bonchev–Trinajstić information content (AvgIpc) is 3.27. The minimum absolute atomic E-state index is 0.0208. The van der Waals surface area contributed by atoms with E-state index in [9.17, 15) is 9.18 Å². The molecule has 1 atom stereocenters. The molecule has 2 heterocycles. The van der Waals surface area contributed by atoms with Gasteiger partial charge in [0, 0.05) is 25.3 Å². The molecule has 1 aliphatic heterocycles. The predicted octanol–water partition coefficient (Wildman–Crippen LogP) is 3.43. The van der Waals surface area contributed by atoms with Gasteiger partial charge in [-0.3, -0.25) is 4.79 Å². The SMILES string of the molecule is O=C(Nc1ccc(-c2cccc(F)c2)cc1)[C@H]1CCCN(CCn2cnnc2)C1. The number of aromatic nitrogens is 3. The molecule has 0 unspecified atom stereocenters. The molecule has 1 fully saturated rings. The maximum Gasteiger partial charge on any atom is 0.228 e. The summed E-state index contributed by atoms with van der Waals surface area (Å²) in [5.41, 5.74) is 2.50. The van der Waals surface area contributed by atoms with E-state index >= 15 is 0 Å². The quantitative estimate of drug-likeness (QED) is 0.697. The van der Waals surface area contributed by atoms with Crippen LogP contribution in [0.5, 0.6) is 0 Å². The van der Waals surface area contributed by atoms with E-state index < -0.39 is 0 Å². The molecule has 4 rings (SSSR count). The standard InChI is InChI=1S/C22H24FN5O/c23-20-5-1-3-18(13-20)17-6-8-21(9-7-17)26-22(29)19-4-2-10-27(14-19)11-12-28-15-24-25-16-28/h1,3,5-9,13,15-16,19H,2,4,10-12,14H2,(H,26,29)/t19-/m0/s1. The fourth-order valence-corrected chi connectivity index (χ4v) is 3.73. The molecule has 0 spiro atoms. The van der Waals surface area contributed by atoms with Gasteiger partial charge in [0.15, 0.2) is 0 Å². The molecule has 3 aromatic rings. The lowest BCUT2D eigenvalue weighted by atomic mass is 9.97. The number of carbonyl (C=O) groups excluding carboxylic acids is 1. The second-order valence-electron chi connectivity index (χ2n) is 7.42. The van der Waals surface area contributed by atoms with Crippen molar-refractivity contribution in [2.24, 2.45) is 5.92 Å². The lowest BCUT2D eigenvalue weighted by molar-refractivity contribution is -0.121. The van der Waals surface area contributed by atoms with E-state index in [0.29, 0.717) is 0 Å². The summed E-state index contributed by atoms with van der Waals surface area (Å²) in [7, 11) is 0. The van der Waals surface area contributed by atoms with E-state index in [2.05, 4.69) is 20.4 Å². The van der Waals surface area contributed by atoms with Crippen LogP contribution in [0.1, 0.15) is 12.8 Å². The summed E-state index contributed by atoms with van der Waals surface area (Å²) in [5, 5.41) is 10.7. The van der Waals surface area contributed by atoms with E-state index in [1.807, 2.05) is 34.9 Å². The first kappa shape index (κ1) is 19.3. The zero-order valence-corrected chi connectivity index (χ0v) is 16.2. The van der Waals surface area contributed by atoms with Gasteiger partial charge in [-0.15, -0.1) is 10.2 Å². The van der Waals surface area contributed by atoms with Crippen molar-refractivity contribution in [2.75, 3.05) is 25.0 Å². The van der Waals surface area contributed by atoms with Crippen LogP contribution in [-0.2, 0) is 11.3 Å². The highest BCUT2D eigenvalue weighted by atomic mass is 19.1. The van der Waals surface area contributed by atoms with Gasteiger partial charge in [-0.2, -0.15) is 0 Å². The third-order valence-corrected chi connectivity index (χ3v) is 5.33. The average molecular weight is 393 g/mol. The normalized spacial score (nSPS) is 17.2. The van der Waals surface area contributed by atoms with Crippen LogP contribution < -0.4 is 5.32 Å². The Balaban J connectivity index is 1.32. The molecule has 1 saturated heterocycles. The number of hydrogen-bond acceptors (Lipinski definition) is 4. The number of amides is 1. The second kappa shape index (κ2) is 8.96. The van der Waals surface area contributed by atoms with E-state index in [-0.39, 0.29) is 17.6 Å². The third-order valence-electron chi connectivity index (χ3n) is 5.33. The van der Waals surface area contributed by atoms with Gasteiger partial charge in [-0.05, 0) is 54.8 Å². The number of rotatable bonds is 6. The minimum atomic E-state index is -0.258. The van der Waals surface area contributed by atoms with Crippen molar-refractivity contribution in [3.63, 3.8) is 0 Å². The first-order chi connectivity index (χ1) is 14.2. The first-order valence-corrected chi connectivity index (χ1v) is 9.89. The van der Waals surface area contributed by atoms with E-state index in [0.717, 1.165) is 55.8 Å². The van der Waals surface area contributed by atoms with Crippen molar-refractivity contribution >= 4 is 11.6 Å². The molecular weight excluding hydrogens is 369 g/mol. The number of nitrogens with zero attached hydrogens (tertiary/aromatic N) is 4. The maximum atomic E-state index is 13.4. The number of nitrogens with one attached hydrogen (secondary N) is 1. The Kier molecular flexibility index (Phi) is 5.95. The van der Waals surface area contributed by atoms with Crippen LogP contribution in [0, 0.1) is 11.7 Å². The number of piperidine rings is 1. The Bertz CT molecular complexity index is 942. The summed E-state index contributed by atoms with van der Waals surface area (Å²) in [4.78, 5) is 15.1. The number of benzene rings is 2. The highest BCUT2D eigenvalue weighted by molar-refractivity contribution is 5.93. The molecule has 1 aliphatic rings. The molecule has 7 heteroatoms. The van der Waals surface area contributed by atoms with Crippen molar-refractivity contribution in [3.05, 3.63) is 67.0 Å². The summed E-state index contributed by atoms with van der Waals surface area (Å²) in [5.74, 6) is -0.226. The van der Waals surface area contributed by atoms with Crippen molar-refractivity contribution in [2.45, 2.75) is 19.4 Å². The summed E-state index contributed by atoms with van der Waals surface area (Å²) >= 11 is 0. The second-order valence-corrected chi connectivity index (χ2v) is 7.42.